The van der Waals surface area contributed by atoms with Crippen molar-refractivity contribution in [2.24, 2.45) is 10.8 Å². The van der Waals surface area contributed by atoms with Crippen LogP contribution in [-0.2, 0) is 0 Å². The fourth-order valence-electron chi connectivity index (χ4n) is 2.19. The van der Waals surface area contributed by atoms with Gasteiger partial charge in [-0.2, -0.15) is 0 Å². The maximum atomic E-state index is 6.33. The first kappa shape index (κ1) is 11.6. The number of rotatable bonds is 1. The van der Waals surface area contributed by atoms with Gasteiger partial charge < -0.3 is 0 Å². The third-order valence-electron chi connectivity index (χ3n) is 3.31. The van der Waals surface area contributed by atoms with Gasteiger partial charge in [-0.05, 0) is 18.4 Å². The number of quaternary nitrogens is 1. The van der Waals surface area contributed by atoms with E-state index in [9.17, 15) is 0 Å². The molecule has 5 nitrogen and oxygen atoms in total. The van der Waals surface area contributed by atoms with E-state index in [0.717, 1.165) is 16.6 Å². The van der Waals surface area contributed by atoms with E-state index >= 15 is 0 Å². The van der Waals surface area contributed by atoms with Gasteiger partial charge in [0.1, 0.15) is 7.05 Å². The zero-order valence-corrected chi connectivity index (χ0v) is 11.2. The summed E-state index contributed by atoms with van der Waals surface area (Å²) >= 11 is 1.63. The number of para-hydroxylation sites is 1. The van der Waals surface area contributed by atoms with E-state index in [2.05, 4.69) is 10.5 Å². The number of thioether (sulfide) groups is 1. The van der Waals surface area contributed by atoms with Crippen LogP contribution in [-0.4, -0.2) is 29.2 Å². The van der Waals surface area contributed by atoms with Gasteiger partial charge in [-0.1, -0.05) is 23.3 Å². The quantitative estimate of drug-likeness (QED) is 0.748. The lowest BCUT2D eigenvalue weighted by Crippen LogP contribution is -2.54. The highest BCUT2D eigenvalue weighted by molar-refractivity contribution is 8.13. The van der Waals surface area contributed by atoms with Crippen LogP contribution in [0.2, 0.25) is 0 Å². The molecule has 0 amide bonds. The SMILES string of the molecule is CSC1=N[N+]2(C)C(=C1)NN(c1ccccc1)C2N. The molecule has 2 unspecified atom stereocenters. The third kappa shape index (κ3) is 1.53. The minimum Gasteiger partial charge on any atom is -0.259 e. The van der Waals surface area contributed by atoms with Crippen molar-refractivity contribution in [2.75, 3.05) is 18.3 Å². The van der Waals surface area contributed by atoms with Crippen molar-refractivity contribution in [1.82, 2.24) is 5.43 Å². The smallest absolute Gasteiger partial charge is 0.259 e. The molecule has 0 aliphatic carbocycles. The largest absolute Gasteiger partial charge is 0.268 e. The first-order valence-corrected chi connectivity index (χ1v) is 6.97. The van der Waals surface area contributed by atoms with Gasteiger partial charge in [-0.15, -0.1) is 16.4 Å². The number of hydrogen-bond donors (Lipinski definition) is 2. The monoisotopic (exact) mass is 262 g/mol. The van der Waals surface area contributed by atoms with Crippen molar-refractivity contribution in [1.29, 1.82) is 0 Å². The number of hydrogen-bond acceptors (Lipinski definition) is 5. The van der Waals surface area contributed by atoms with E-state index in [1.54, 1.807) is 11.8 Å². The second kappa shape index (κ2) is 4.01. The van der Waals surface area contributed by atoms with E-state index in [1.807, 2.05) is 54.7 Å². The lowest BCUT2D eigenvalue weighted by molar-refractivity contribution is -0.892. The van der Waals surface area contributed by atoms with Crippen LogP contribution >= 0.6 is 11.8 Å². The summed E-state index contributed by atoms with van der Waals surface area (Å²) in [7, 11) is 2.01. The van der Waals surface area contributed by atoms with Gasteiger partial charge in [0.25, 0.3) is 12.1 Å². The molecule has 2 heterocycles. The molecular weight excluding hydrogens is 246 g/mol. The molecule has 3 N–H and O–H groups in total. The summed E-state index contributed by atoms with van der Waals surface area (Å²) in [5, 5.41) is 7.61. The summed E-state index contributed by atoms with van der Waals surface area (Å²) in [5.74, 6) is 1.01. The second-order valence-electron chi connectivity index (χ2n) is 4.43. The van der Waals surface area contributed by atoms with Gasteiger partial charge in [0.2, 0.25) is 0 Å². The summed E-state index contributed by atoms with van der Waals surface area (Å²) in [4.78, 5) is 0. The Morgan fingerprint density at radius 2 is 2.11 bits per heavy atom. The summed E-state index contributed by atoms with van der Waals surface area (Å²) in [5.41, 5.74) is 10.7. The van der Waals surface area contributed by atoms with E-state index in [-0.39, 0.29) is 6.29 Å². The molecule has 2 aliphatic rings. The molecule has 0 spiro atoms. The molecule has 94 valence electrons. The topological polar surface area (TPSA) is 53.7 Å². The summed E-state index contributed by atoms with van der Waals surface area (Å²) in [6, 6.07) is 10.0. The highest BCUT2D eigenvalue weighted by Crippen LogP contribution is 2.34. The number of benzene rings is 1. The van der Waals surface area contributed by atoms with Crippen molar-refractivity contribution in [3.05, 3.63) is 42.2 Å². The van der Waals surface area contributed by atoms with Crippen molar-refractivity contribution in [3.63, 3.8) is 0 Å². The summed E-state index contributed by atoms with van der Waals surface area (Å²) < 4.78 is 0.352. The minimum absolute atomic E-state index is 0.261. The Kier molecular flexibility index (Phi) is 2.58. The average Bonchev–Trinajstić information content (AvgIpc) is 2.84. The lowest BCUT2D eigenvalue weighted by Gasteiger charge is -2.26. The molecule has 6 heteroatoms. The van der Waals surface area contributed by atoms with Crippen molar-refractivity contribution in [2.45, 2.75) is 6.29 Å². The zero-order valence-electron chi connectivity index (χ0n) is 10.4. The molecule has 0 radical (unpaired) electrons. The molecule has 2 atom stereocenters. The number of nitrogens with zero attached hydrogens (tertiary/aromatic N) is 3. The molecule has 2 aliphatic heterocycles. The first-order chi connectivity index (χ1) is 8.65. The number of hydrazine groups is 1. The predicted molar refractivity (Wildman–Crippen MR) is 75.2 cm³/mol. The lowest BCUT2D eigenvalue weighted by atomic mass is 10.3. The number of anilines is 1. The van der Waals surface area contributed by atoms with Gasteiger partial charge in [0.15, 0.2) is 5.04 Å². The van der Waals surface area contributed by atoms with E-state index in [0.29, 0.717) is 4.59 Å². The molecule has 18 heavy (non-hydrogen) atoms. The van der Waals surface area contributed by atoms with Crippen LogP contribution in [0, 0.1) is 0 Å². The molecule has 0 aromatic heterocycles. The van der Waals surface area contributed by atoms with Crippen LogP contribution < -0.4 is 16.2 Å². The van der Waals surface area contributed by atoms with Gasteiger partial charge >= 0.3 is 0 Å². The highest BCUT2D eigenvalue weighted by Gasteiger charge is 2.51. The fraction of sp³-hybridized carbons (Fsp3) is 0.250. The molecule has 1 aromatic carbocycles. The van der Waals surface area contributed by atoms with Gasteiger partial charge in [0.05, 0.1) is 11.8 Å². The van der Waals surface area contributed by atoms with Crippen molar-refractivity contribution >= 4 is 22.5 Å². The Labute approximate surface area is 110 Å². The highest BCUT2D eigenvalue weighted by atomic mass is 32.2. The average molecular weight is 262 g/mol. The number of nitrogens with one attached hydrogen (secondary N) is 1. The van der Waals surface area contributed by atoms with Gasteiger partial charge in [-0.3, -0.25) is 5.73 Å². The molecule has 0 bridgehead atoms. The molecule has 0 saturated carbocycles. The Bertz CT molecular complexity index is 527. The summed E-state index contributed by atoms with van der Waals surface area (Å²) in [6.07, 6.45) is 3.81. The van der Waals surface area contributed by atoms with E-state index < -0.39 is 0 Å². The third-order valence-corrected chi connectivity index (χ3v) is 3.93. The first-order valence-electron chi connectivity index (χ1n) is 5.74. The van der Waals surface area contributed by atoms with Crippen LogP contribution in [0.15, 0.2) is 47.3 Å². The summed E-state index contributed by atoms with van der Waals surface area (Å²) in [6.45, 7) is 0. The maximum absolute atomic E-state index is 6.33. The van der Waals surface area contributed by atoms with Gasteiger partial charge in [0, 0.05) is 0 Å². The normalized spacial score (nSPS) is 29.7. The van der Waals surface area contributed by atoms with Crippen LogP contribution in [0.4, 0.5) is 5.69 Å². The van der Waals surface area contributed by atoms with Crippen LogP contribution in [0.25, 0.3) is 0 Å². The predicted octanol–water partition coefficient (Wildman–Crippen LogP) is 1.23. The van der Waals surface area contributed by atoms with Crippen molar-refractivity contribution in [3.8, 4) is 0 Å². The number of nitrogens with two attached hydrogens (primary N) is 1. The standard InChI is InChI=1S/C12H16N5S/c1-17-10(8-11(15-17)18-2)14-16(12(17)13)9-6-4-3-5-7-9/h3-8,12,14H,13H2,1-2H3/q+1. The maximum Gasteiger partial charge on any atom is 0.268 e. The Morgan fingerprint density at radius 1 is 1.39 bits per heavy atom. The van der Waals surface area contributed by atoms with Crippen LogP contribution in [0.3, 0.4) is 0 Å². The molecule has 1 fully saturated rings. The van der Waals surface area contributed by atoms with Crippen LogP contribution in [0.1, 0.15) is 0 Å². The van der Waals surface area contributed by atoms with Crippen molar-refractivity contribution < 1.29 is 4.59 Å². The van der Waals surface area contributed by atoms with E-state index in [1.165, 1.54) is 0 Å². The Balaban J connectivity index is 1.94. The Hall–Kier alpha value is -1.50. The molecule has 3 rings (SSSR count). The van der Waals surface area contributed by atoms with E-state index in [4.69, 9.17) is 5.73 Å². The minimum atomic E-state index is -0.261. The fourth-order valence-corrected chi connectivity index (χ4v) is 2.67. The zero-order chi connectivity index (χ0) is 12.8. The van der Waals surface area contributed by atoms with Gasteiger partial charge in [-0.25, -0.2) is 10.4 Å². The number of fused-ring (bicyclic) bond motifs is 1. The second-order valence-corrected chi connectivity index (χ2v) is 5.26. The molecule has 1 saturated heterocycles. The van der Waals surface area contributed by atoms with Crippen LogP contribution in [0.5, 0.6) is 0 Å². The Morgan fingerprint density at radius 3 is 2.72 bits per heavy atom. The molecular formula is C12H16N5S+. The molecule has 1 aromatic rings.